The molecule has 0 spiro atoms. The van der Waals surface area contributed by atoms with E-state index in [9.17, 15) is 22.8 Å². The van der Waals surface area contributed by atoms with E-state index >= 15 is 0 Å². The first kappa shape index (κ1) is 23.6. The summed E-state index contributed by atoms with van der Waals surface area (Å²) in [5.41, 5.74) is 0.491. The summed E-state index contributed by atoms with van der Waals surface area (Å²) in [6.07, 6.45) is 1.01. The monoisotopic (exact) mass is 454 g/mol. The molecule has 0 saturated heterocycles. The first-order chi connectivity index (χ1) is 15.2. The van der Waals surface area contributed by atoms with E-state index in [1.807, 2.05) is 0 Å². The van der Waals surface area contributed by atoms with Crippen LogP contribution >= 0.6 is 0 Å². The van der Waals surface area contributed by atoms with E-state index in [1.54, 1.807) is 6.92 Å². The van der Waals surface area contributed by atoms with Gasteiger partial charge in [-0.1, -0.05) is 0 Å². The van der Waals surface area contributed by atoms with Crippen molar-refractivity contribution in [1.82, 2.24) is 20.1 Å². The molecule has 32 heavy (non-hydrogen) atoms. The van der Waals surface area contributed by atoms with Gasteiger partial charge in [-0.3, -0.25) is 4.79 Å². The Kier molecular flexibility index (Phi) is 7.37. The van der Waals surface area contributed by atoms with Crippen molar-refractivity contribution in [2.75, 3.05) is 20.3 Å². The molecule has 8 nitrogen and oxygen atoms in total. The SMILES string of the molecule is CCOC(=O)c1cnn(-c2ncc(C(=O)NCC3CCC(C(F)(F)F)CC3)cc2OC)c1. The number of alkyl halides is 3. The van der Waals surface area contributed by atoms with Crippen LogP contribution < -0.4 is 10.1 Å². The second kappa shape index (κ2) is 10.0. The lowest BCUT2D eigenvalue weighted by Gasteiger charge is -2.29. The van der Waals surface area contributed by atoms with Crippen LogP contribution in [0.1, 0.15) is 53.3 Å². The van der Waals surface area contributed by atoms with Gasteiger partial charge in [0.2, 0.25) is 0 Å². The molecule has 1 amide bonds. The van der Waals surface area contributed by atoms with Gasteiger partial charge in [-0.15, -0.1) is 0 Å². The quantitative estimate of drug-likeness (QED) is 0.643. The Labute approximate surface area is 183 Å². The van der Waals surface area contributed by atoms with E-state index in [4.69, 9.17) is 9.47 Å². The molecule has 0 aliphatic heterocycles. The van der Waals surface area contributed by atoms with Crippen molar-refractivity contribution in [2.45, 2.75) is 38.8 Å². The number of hydrogen-bond donors (Lipinski definition) is 1. The normalized spacial score (nSPS) is 18.8. The number of hydrogen-bond acceptors (Lipinski definition) is 6. The molecule has 2 heterocycles. The standard InChI is InChI=1S/C21H25F3N4O4/c1-3-32-20(30)15-11-27-28(12-15)18-17(31-2)8-14(10-25-18)19(29)26-9-13-4-6-16(7-5-13)21(22,23)24/h8,10-13,16H,3-7,9H2,1-2H3,(H,26,29). The van der Waals surface area contributed by atoms with E-state index in [2.05, 4.69) is 15.4 Å². The molecule has 174 valence electrons. The molecule has 0 radical (unpaired) electrons. The lowest BCUT2D eigenvalue weighted by Crippen LogP contribution is -2.34. The fourth-order valence-corrected chi connectivity index (χ4v) is 3.68. The summed E-state index contributed by atoms with van der Waals surface area (Å²) in [5.74, 6) is -1.60. The number of methoxy groups -OCH3 is 1. The Bertz CT molecular complexity index is 953. The zero-order valence-electron chi connectivity index (χ0n) is 17.8. The molecule has 1 aliphatic carbocycles. The molecule has 1 N–H and O–H groups in total. The number of nitrogens with zero attached hydrogens (tertiary/aromatic N) is 3. The second-order valence-electron chi connectivity index (χ2n) is 7.61. The smallest absolute Gasteiger partial charge is 0.391 e. The molecule has 1 fully saturated rings. The van der Waals surface area contributed by atoms with E-state index in [0.29, 0.717) is 19.4 Å². The van der Waals surface area contributed by atoms with Gasteiger partial charge in [-0.05, 0) is 44.6 Å². The minimum atomic E-state index is -4.15. The van der Waals surface area contributed by atoms with Gasteiger partial charge < -0.3 is 14.8 Å². The lowest BCUT2D eigenvalue weighted by molar-refractivity contribution is -0.183. The molecule has 0 bridgehead atoms. The Hall–Kier alpha value is -3.11. The largest absolute Gasteiger partial charge is 0.493 e. The van der Waals surface area contributed by atoms with Crippen LogP contribution in [0.5, 0.6) is 5.75 Å². The molecule has 0 aromatic carbocycles. The molecular weight excluding hydrogens is 429 g/mol. The third kappa shape index (κ3) is 5.57. The maximum Gasteiger partial charge on any atom is 0.391 e. The van der Waals surface area contributed by atoms with Gasteiger partial charge in [-0.2, -0.15) is 18.3 Å². The van der Waals surface area contributed by atoms with Crippen molar-refractivity contribution in [1.29, 1.82) is 0 Å². The van der Waals surface area contributed by atoms with Crippen LogP contribution in [0, 0.1) is 11.8 Å². The minimum Gasteiger partial charge on any atom is -0.493 e. The van der Waals surface area contributed by atoms with Crippen LogP contribution in [0.4, 0.5) is 13.2 Å². The molecule has 1 aliphatic rings. The van der Waals surface area contributed by atoms with Crippen LogP contribution in [-0.2, 0) is 4.74 Å². The number of rotatable bonds is 7. The lowest BCUT2D eigenvalue weighted by atomic mass is 9.81. The number of ether oxygens (including phenoxy) is 2. The van der Waals surface area contributed by atoms with Gasteiger partial charge in [0.25, 0.3) is 5.91 Å². The second-order valence-corrected chi connectivity index (χ2v) is 7.61. The molecule has 1 saturated carbocycles. The Morgan fingerprint density at radius 3 is 2.53 bits per heavy atom. The Balaban J connectivity index is 1.62. The van der Waals surface area contributed by atoms with Gasteiger partial charge in [0.15, 0.2) is 11.6 Å². The van der Waals surface area contributed by atoms with E-state index in [-0.39, 0.29) is 48.1 Å². The number of esters is 1. The van der Waals surface area contributed by atoms with Crippen LogP contribution in [0.2, 0.25) is 0 Å². The van der Waals surface area contributed by atoms with Crippen molar-refractivity contribution in [3.05, 3.63) is 35.8 Å². The van der Waals surface area contributed by atoms with Crippen molar-refractivity contribution in [3.8, 4) is 11.6 Å². The Morgan fingerprint density at radius 1 is 1.19 bits per heavy atom. The summed E-state index contributed by atoms with van der Waals surface area (Å²) in [5, 5.41) is 6.85. The maximum absolute atomic E-state index is 12.8. The molecule has 2 aromatic heterocycles. The summed E-state index contributed by atoms with van der Waals surface area (Å²) in [4.78, 5) is 28.6. The predicted molar refractivity (Wildman–Crippen MR) is 108 cm³/mol. The fraction of sp³-hybridized carbons (Fsp3) is 0.524. The zero-order chi connectivity index (χ0) is 23.3. The van der Waals surface area contributed by atoms with Crippen molar-refractivity contribution >= 4 is 11.9 Å². The number of amides is 1. The van der Waals surface area contributed by atoms with E-state index < -0.39 is 24.0 Å². The molecule has 0 atom stereocenters. The molecular formula is C21H25F3N4O4. The summed E-state index contributed by atoms with van der Waals surface area (Å²) in [7, 11) is 1.41. The topological polar surface area (TPSA) is 95.3 Å². The van der Waals surface area contributed by atoms with Gasteiger partial charge in [0, 0.05) is 18.9 Å². The van der Waals surface area contributed by atoms with Crippen LogP contribution in [-0.4, -0.2) is 53.1 Å². The maximum atomic E-state index is 12.8. The highest BCUT2D eigenvalue weighted by Crippen LogP contribution is 2.39. The number of carbonyl (C=O) groups is 2. The average Bonchev–Trinajstić information content (AvgIpc) is 3.27. The van der Waals surface area contributed by atoms with E-state index in [1.165, 1.54) is 36.4 Å². The van der Waals surface area contributed by atoms with E-state index in [0.717, 1.165) is 0 Å². The summed E-state index contributed by atoms with van der Waals surface area (Å²) >= 11 is 0. The number of aromatic nitrogens is 3. The van der Waals surface area contributed by atoms with Crippen molar-refractivity contribution in [3.63, 3.8) is 0 Å². The van der Waals surface area contributed by atoms with Gasteiger partial charge in [0.1, 0.15) is 0 Å². The van der Waals surface area contributed by atoms with Crippen LogP contribution in [0.3, 0.4) is 0 Å². The van der Waals surface area contributed by atoms with Crippen LogP contribution in [0.25, 0.3) is 5.82 Å². The molecule has 2 aromatic rings. The summed E-state index contributed by atoms with van der Waals surface area (Å²) < 4.78 is 50.0. The number of pyridine rings is 1. The zero-order valence-corrected chi connectivity index (χ0v) is 17.8. The number of nitrogens with one attached hydrogen (secondary N) is 1. The minimum absolute atomic E-state index is 0.0112. The third-order valence-corrected chi connectivity index (χ3v) is 5.49. The highest BCUT2D eigenvalue weighted by molar-refractivity contribution is 5.94. The molecule has 11 heteroatoms. The molecule has 3 rings (SSSR count). The third-order valence-electron chi connectivity index (χ3n) is 5.49. The fourth-order valence-electron chi connectivity index (χ4n) is 3.68. The van der Waals surface area contributed by atoms with Gasteiger partial charge in [0.05, 0.1) is 37.0 Å². The first-order valence-electron chi connectivity index (χ1n) is 10.3. The van der Waals surface area contributed by atoms with Crippen molar-refractivity contribution in [2.24, 2.45) is 11.8 Å². The summed E-state index contributed by atoms with van der Waals surface area (Å²) in [6, 6.07) is 1.49. The average molecular weight is 454 g/mol. The predicted octanol–water partition coefficient (Wildman–Crippen LogP) is 3.55. The number of carbonyl (C=O) groups excluding carboxylic acids is 2. The van der Waals surface area contributed by atoms with Gasteiger partial charge in [-0.25, -0.2) is 14.5 Å². The molecule has 0 unspecified atom stereocenters. The van der Waals surface area contributed by atoms with Crippen LogP contribution in [0.15, 0.2) is 24.7 Å². The highest BCUT2D eigenvalue weighted by Gasteiger charge is 2.41. The first-order valence-corrected chi connectivity index (χ1v) is 10.3. The van der Waals surface area contributed by atoms with Crippen molar-refractivity contribution < 1.29 is 32.2 Å². The number of halogens is 3. The highest BCUT2D eigenvalue weighted by atomic mass is 19.4. The Morgan fingerprint density at radius 2 is 1.91 bits per heavy atom. The van der Waals surface area contributed by atoms with Gasteiger partial charge >= 0.3 is 12.1 Å². The summed E-state index contributed by atoms with van der Waals surface area (Å²) in [6.45, 7) is 2.24.